The molecule has 3 nitrogen and oxygen atoms in total. The number of unbranched alkanes of at least 4 members (excludes halogenated alkanes) is 2. The summed E-state index contributed by atoms with van der Waals surface area (Å²) in [4.78, 5) is 20.2. The zero-order chi connectivity index (χ0) is 11.7. The fourth-order valence-corrected chi connectivity index (χ4v) is 1.83. The first kappa shape index (κ1) is 14.1. The van der Waals surface area contributed by atoms with Crippen LogP contribution < -0.4 is 0 Å². The van der Waals surface area contributed by atoms with Gasteiger partial charge in [-0.15, -0.1) is 0 Å². The van der Waals surface area contributed by atoms with Crippen molar-refractivity contribution in [3.63, 3.8) is 0 Å². The van der Waals surface area contributed by atoms with Gasteiger partial charge in [-0.1, -0.05) is 26.2 Å². The van der Waals surface area contributed by atoms with E-state index in [9.17, 15) is 4.79 Å². The van der Waals surface area contributed by atoms with Gasteiger partial charge < -0.3 is 5.11 Å². The lowest BCUT2D eigenvalue weighted by Gasteiger charge is -2.05. The fraction of sp³-hybridized carbons (Fsp3) is 0.833. The van der Waals surface area contributed by atoms with Gasteiger partial charge in [0.15, 0.2) is 0 Å². The Labute approximate surface area is 91.9 Å². The van der Waals surface area contributed by atoms with Crippen LogP contribution in [0.1, 0.15) is 58.8 Å². The Morgan fingerprint density at radius 1 is 1.47 bits per heavy atom. The van der Waals surface area contributed by atoms with Crippen LogP contribution in [0.3, 0.4) is 0 Å². The van der Waals surface area contributed by atoms with E-state index in [1.54, 1.807) is 0 Å². The number of rotatable bonds is 4. The molecule has 1 saturated carbocycles. The average Bonchev–Trinajstić information content (AvgIpc) is 2.51. The molecule has 1 fully saturated rings. The van der Waals surface area contributed by atoms with Crippen LogP contribution in [0.4, 0.5) is 0 Å². The second kappa shape index (κ2) is 8.45. The standard InChI is InChI=1S/C10H18O.C2H4O2/c1-2-3-4-6-9-7-5-8-10(9)11;1-2(3)4/h9H,2-8H2,1H3;1H3,(H,3,4). The molecule has 0 heterocycles. The third-order valence-electron chi connectivity index (χ3n) is 2.59. The van der Waals surface area contributed by atoms with E-state index in [1.807, 2.05) is 0 Å². The van der Waals surface area contributed by atoms with Crippen molar-refractivity contribution in [3.05, 3.63) is 0 Å². The van der Waals surface area contributed by atoms with Gasteiger partial charge in [0.1, 0.15) is 5.78 Å². The summed E-state index contributed by atoms with van der Waals surface area (Å²) in [5.41, 5.74) is 0. The van der Waals surface area contributed by atoms with Gasteiger partial charge in [0.2, 0.25) is 0 Å². The number of ketones is 1. The Hall–Kier alpha value is -0.860. The van der Waals surface area contributed by atoms with Crippen molar-refractivity contribution in [3.8, 4) is 0 Å². The summed E-state index contributed by atoms with van der Waals surface area (Å²) in [5, 5.41) is 7.42. The quantitative estimate of drug-likeness (QED) is 0.732. The molecule has 0 aromatic carbocycles. The molecule has 0 spiro atoms. The Morgan fingerprint density at radius 2 is 2.07 bits per heavy atom. The van der Waals surface area contributed by atoms with E-state index in [0.29, 0.717) is 11.7 Å². The highest BCUT2D eigenvalue weighted by molar-refractivity contribution is 5.82. The summed E-state index contributed by atoms with van der Waals surface area (Å²) in [5.74, 6) is 0.141. The highest BCUT2D eigenvalue weighted by atomic mass is 16.4. The lowest BCUT2D eigenvalue weighted by atomic mass is 9.99. The second-order valence-electron chi connectivity index (χ2n) is 4.07. The van der Waals surface area contributed by atoms with E-state index in [2.05, 4.69) is 6.92 Å². The number of carboxylic acid groups (broad SMARTS) is 1. The van der Waals surface area contributed by atoms with E-state index in [-0.39, 0.29) is 0 Å². The molecule has 1 rings (SSSR count). The molecule has 0 aliphatic heterocycles. The van der Waals surface area contributed by atoms with E-state index in [4.69, 9.17) is 9.90 Å². The van der Waals surface area contributed by atoms with Gasteiger partial charge in [-0.05, 0) is 19.3 Å². The topological polar surface area (TPSA) is 54.4 Å². The van der Waals surface area contributed by atoms with E-state index >= 15 is 0 Å². The van der Waals surface area contributed by atoms with Crippen LogP contribution in [0.15, 0.2) is 0 Å². The van der Waals surface area contributed by atoms with Crippen molar-refractivity contribution < 1.29 is 14.7 Å². The first-order chi connectivity index (χ1) is 7.07. The molecule has 1 unspecified atom stereocenters. The second-order valence-corrected chi connectivity index (χ2v) is 4.07. The number of carbonyl (C=O) groups is 2. The van der Waals surface area contributed by atoms with Crippen LogP contribution in [-0.4, -0.2) is 16.9 Å². The highest BCUT2D eigenvalue weighted by Crippen LogP contribution is 2.25. The van der Waals surface area contributed by atoms with Crippen molar-refractivity contribution in [2.24, 2.45) is 5.92 Å². The maximum absolute atomic E-state index is 11.2. The fourth-order valence-electron chi connectivity index (χ4n) is 1.83. The van der Waals surface area contributed by atoms with Crippen LogP contribution in [0.25, 0.3) is 0 Å². The highest BCUT2D eigenvalue weighted by Gasteiger charge is 2.22. The third kappa shape index (κ3) is 8.16. The van der Waals surface area contributed by atoms with Crippen molar-refractivity contribution >= 4 is 11.8 Å². The Balaban J connectivity index is 0.000000423. The summed E-state index contributed by atoms with van der Waals surface area (Å²) < 4.78 is 0. The molecule has 0 aromatic rings. The molecule has 1 atom stereocenters. The molecule has 1 aliphatic rings. The van der Waals surface area contributed by atoms with Crippen molar-refractivity contribution in [1.82, 2.24) is 0 Å². The summed E-state index contributed by atoms with van der Waals surface area (Å²) in [6.07, 6.45) is 8.15. The molecule has 15 heavy (non-hydrogen) atoms. The Kier molecular flexibility index (Phi) is 7.96. The largest absolute Gasteiger partial charge is 0.481 e. The van der Waals surface area contributed by atoms with Crippen molar-refractivity contribution in [2.75, 3.05) is 0 Å². The minimum atomic E-state index is -0.833. The predicted octanol–water partition coefficient (Wildman–Crippen LogP) is 3.03. The summed E-state index contributed by atoms with van der Waals surface area (Å²) in [7, 11) is 0. The molecule has 0 amide bonds. The van der Waals surface area contributed by atoms with Gasteiger partial charge in [0.25, 0.3) is 5.97 Å². The molecule has 0 radical (unpaired) electrons. The van der Waals surface area contributed by atoms with Crippen molar-refractivity contribution in [2.45, 2.75) is 58.8 Å². The number of carboxylic acids is 1. The lowest BCUT2D eigenvalue weighted by Crippen LogP contribution is -2.05. The molecule has 0 aromatic heterocycles. The maximum Gasteiger partial charge on any atom is 0.300 e. The number of hydrogen-bond acceptors (Lipinski definition) is 2. The molecular weight excluding hydrogens is 192 g/mol. The van der Waals surface area contributed by atoms with E-state index < -0.39 is 5.97 Å². The van der Waals surface area contributed by atoms with Crippen molar-refractivity contribution in [1.29, 1.82) is 0 Å². The molecule has 88 valence electrons. The SMILES string of the molecule is CC(=O)O.CCCCCC1CCCC1=O. The Morgan fingerprint density at radius 3 is 2.47 bits per heavy atom. The van der Waals surface area contributed by atoms with Crippen LogP contribution >= 0.6 is 0 Å². The molecule has 0 bridgehead atoms. The third-order valence-corrected chi connectivity index (χ3v) is 2.59. The molecule has 1 aliphatic carbocycles. The monoisotopic (exact) mass is 214 g/mol. The minimum Gasteiger partial charge on any atom is -0.481 e. The van der Waals surface area contributed by atoms with Gasteiger partial charge in [0, 0.05) is 19.3 Å². The smallest absolute Gasteiger partial charge is 0.300 e. The zero-order valence-electron chi connectivity index (χ0n) is 9.79. The predicted molar refractivity (Wildman–Crippen MR) is 59.8 cm³/mol. The van der Waals surface area contributed by atoms with Gasteiger partial charge in [-0.25, -0.2) is 0 Å². The summed E-state index contributed by atoms with van der Waals surface area (Å²) in [6, 6.07) is 0. The van der Waals surface area contributed by atoms with Crippen LogP contribution in [-0.2, 0) is 9.59 Å². The van der Waals surface area contributed by atoms with E-state index in [0.717, 1.165) is 26.2 Å². The molecule has 0 saturated heterocycles. The van der Waals surface area contributed by atoms with Gasteiger partial charge in [-0.2, -0.15) is 0 Å². The van der Waals surface area contributed by atoms with Crippen LogP contribution in [0.5, 0.6) is 0 Å². The normalized spacial score (nSPS) is 19.6. The van der Waals surface area contributed by atoms with Crippen LogP contribution in [0.2, 0.25) is 0 Å². The molecule has 1 N–H and O–H groups in total. The van der Waals surface area contributed by atoms with Gasteiger partial charge >= 0.3 is 0 Å². The number of Topliss-reactive ketones (excluding diaryl/α,β-unsaturated/α-hetero) is 1. The molecule has 3 heteroatoms. The lowest BCUT2D eigenvalue weighted by molar-refractivity contribution is -0.134. The zero-order valence-corrected chi connectivity index (χ0v) is 9.79. The van der Waals surface area contributed by atoms with Gasteiger partial charge in [-0.3, -0.25) is 9.59 Å². The van der Waals surface area contributed by atoms with E-state index in [1.165, 1.54) is 25.7 Å². The number of carbonyl (C=O) groups excluding carboxylic acids is 1. The number of hydrogen-bond donors (Lipinski definition) is 1. The van der Waals surface area contributed by atoms with Gasteiger partial charge in [0.05, 0.1) is 0 Å². The summed E-state index contributed by atoms with van der Waals surface area (Å²) >= 11 is 0. The molecular formula is C12H22O3. The first-order valence-corrected chi connectivity index (χ1v) is 5.80. The van der Waals surface area contributed by atoms with Crippen LogP contribution in [0, 0.1) is 5.92 Å². The Bertz CT molecular complexity index is 195. The summed E-state index contributed by atoms with van der Waals surface area (Å²) in [6.45, 7) is 3.29. The first-order valence-electron chi connectivity index (χ1n) is 5.80. The minimum absolute atomic E-state index is 0.446. The maximum atomic E-state index is 11.2. The average molecular weight is 214 g/mol. The number of aliphatic carboxylic acids is 1.